The first-order valence-electron chi connectivity index (χ1n) is 5.47. The van der Waals surface area contributed by atoms with Crippen molar-refractivity contribution in [2.24, 2.45) is 5.92 Å². The van der Waals surface area contributed by atoms with Crippen molar-refractivity contribution in [3.8, 4) is 0 Å². The van der Waals surface area contributed by atoms with E-state index in [1.54, 1.807) is 0 Å². The molecule has 1 saturated heterocycles. The van der Waals surface area contributed by atoms with Gasteiger partial charge < -0.3 is 35.0 Å². The maximum absolute atomic E-state index is 10.8. The van der Waals surface area contributed by atoms with Crippen LogP contribution in [0.15, 0.2) is 0 Å². The molecule has 0 spiro atoms. The predicted octanol–water partition coefficient (Wildman–Crippen LogP) is -5.38. The second kappa shape index (κ2) is 8.25. The maximum atomic E-state index is 10.8. The smallest absolute Gasteiger partial charge is 0.481 e. The van der Waals surface area contributed by atoms with Crippen molar-refractivity contribution in [2.75, 3.05) is 7.11 Å². The number of aliphatic hydroxyl groups is 3. The molecule has 0 bridgehead atoms. The molecule has 10 heteroatoms. The van der Waals surface area contributed by atoms with Crippen LogP contribution in [0.4, 0.5) is 0 Å². The van der Waals surface area contributed by atoms with Gasteiger partial charge in [0.25, 0.3) is 0 Å². The number of aliphatic hydroxyl groups excluding tert-OH is 3. The Kier molecular flexibility index (Phi) is 8.14. The van der Waals surface area contributed by atoms with E-state index in [0.717, 1.165) is 0 Å². The first kappa shape index (κ1) is 19.7. The van der Waals surface area contributed by atoms with Crippen molar-refractivity contribution in [1.82, 2.24) is 0 Å². The van der Waals surface area contributed by atoms with Crippen molar-refractivity contribution in [3.63, 3.8) is 0 Å². The maximum Gasteiger partial charge on any atom is 1.00 e. The average molecular weight is 303 g/mol. The molecule has 1 fully saturated rings. The van der Waals surface area contributed by atoms with E-state index >= 15 is 0 Å². The van der Waals surface area contributed by atoms with Gasteiger partial charge in [-0.05, 0) is 0 Å². The quantitative estimate of drug-likeness (QED) is 0.247. The second-order valence-corrected chi connectivity index (χ2v) is 4.22. The normalized spacial score (nSPS) is 33.5. The van der Waals surface area contributed by atoms with Crippen LogP contribution < -0.4 is 29.6 Å². The van der Waals surface area contributed by atoms with Crippen molar-refractivity contribution in [3.05, 3.63) is 0 Å². The zero-order chi connectivity index (χ0) is 14.7. The fourth-order valence-corrected chi connectivity index (χ4v) is 1.85. The topological polar surface area (TPSA) is 154 Å². The number of hydrogen-bond acceptors (Lipinski definition) is 7. The molecule has 1 aliphatic rings. The van der Waals surface area contributed by atoms with Crippen LogP contribution in [0.3, 0.4) is 0 Å². The van der Waals surface area contributed by atoms with Gasteiger partial charge in [0.1, 0.15) is 18.3 Å². The average Bonchev–Trinajstić information content (AvgIpc) is 2.34. The number of ether oxygens (including phenoxy) is 2. The van der Waals surface area contributed by atoms with Crippen LogP contribution in [0.5, 0.6) is 0 Å². The van der Waals surface area contributed by atoms with Crippen LogP contribution >= 0.6 is 0 Å². The molecule has 1 aliphatic heterocycles. The third-order valence-electron chi connectivity index (χ3n) is 2.97. The molecular formula is C10H16NaO9+. The molecule has 20 heavy (non-hydrogen) atoms. The van der Waals surface area contributed by atoms with Gasteiger partial charge >= 0.3 is 41.5 Å². The van der Waals surface area contributed by atoms with Crippen LogP contribution in [-0.2, 0) is 19.1 Å². The molecule has 0 radical (unpaired) electrons. The van der Waals surface area contributed by atoms with E-state index in [4.69, 9.17) is 19.7 Å². The number of hydrogen-bond donors (Lipinski definition) is 5. The molecule has 5 atom stereocenters. The van der Waals surface area contributed by atoms with Gasteiger partial charge in [0.05, 0.1) is 6.10 Å². The summed E-state index contributed by atoms with van der Waals surface area (Å²) in [6, 6.07) is 0. The number of carbonyl (C=O) groups is 2. The van der Waals surface area contributed by atoms with Crippen LogP contribution in [0, 0.1) is 5.92 Å². The first-order chi connectivity index (χ1) is 8.79. The van der Waals surface area contributed by atoms with Gasteiger partial charge in [-0.2, -0.15) is 0 Å². The Labute approximate surface area is 136 Å². The SMILES string of the molecule is CO[C@H]1O[C@H](CC(C(=O)O)C(=O)O)[C@@H](O)[C@H](O)[C@@H]1O.[Na+]. The van der Waals surface area contributed by atoms with Gasteiger partial charge in [-0.25, -0.2) is 0 Å². The molecule has 1 rings (SSSR count). The van der Waals surface area contributed by atoms with Crippen LogP contribution in [0.25, 0.3) is 0 Å². The summed E-state index contributed by atoms with van der Waals surface area (Å²) >= 11 is 0. The number of carboxylic acids is 2. The van der Waals surface area contributed by atoms with E-state index in [1.165, 1.54) is 7.11 Å². The fourth-order valence-electron chi connectivity index (χ4n) is 1.85. The van der Waals surface area contributed by atoms with E-state index < -0.39 is 55.0 Å². The third-order valence-corrected chi connectivity index (χ3v) is 2.97. The summed E-state index contributed by atoms with van der Waals surface area (Å²) in [7, 11) is 1.18. The summed E-state index contributed by atoms with van der Waals surface area (Å²) in [5.74, 6) is -4.96. The van der Waals surface area contributed by atoms with Gasteiger partial charge in [0.15, 0.2) is 12.2 Å². The Morgan fingerprint density at radius 1 is 1.10 bits per heavy atom. The zero-order valence-electron chi connectivity index (χ0n) is 11.0. The number of aliphatic carboxylic acids is 2. The molecule has 0 aromatic rings. The molecule has 0 saturated carbocycles. The largest absolute Gasteiger partial charge is 1.00 e. The minimum absolute atomic E-state index is 0. The second-order valence-electron chi connectivity index (χ2n) is 4.22. The molecule has 0 aromatic carbocycles. The Morgan fingerprint density at radius 2 is 1.60 bits per heavy atom. The molecule has 0 amide bonds. The van der Waals surface area contributed by atoms with Gasteiger partial charge in [0.2, 0.25) is 0 Å². The minimum atomic E-state index is -1.79. The summed E-state index contributed by atoms with van der Waals surface area (Å²) in [6.07, 6.45) is -7.85. The van der Waals surface area contributed by atoms with E-state index in [0.29, 0.717) is 0 Å². The molecule has 110 valence electrons. The zero-order valence-corrected chi connectivity index (χ0v) is 13.0. The Morgan fingerprint density at radius 3 is 2.00 bits per heavy atom. The molecule has 5 N–H and O–H groups in total. The summed E-state index contributed by atoms with van der Waals surface area (Å²) in [6.45, 7) is 0. The summed E-state index contributed by atoms with van der Waals surface area (Å²) in [5, 5.41) is 46.2. The van der Waals surface area contributed by atoms with E-state index in [2.05, 4.69) is 0 Å². The minimum Gasteiger partial charge on any atom is -0.481 e. The number of rotatable bonds is 5. The van der Waals surface area contributed by atoms with Crippen LogP contribution in [0.1, 0.15) is 6.42 Å². The van der Waals surface area contributed by atoms with E-state index in [-0.39, 0.29) is 29.6 Å². The Balaban J connectivity index is 0.00000361. The summed E-state index contributed by atoms with van der Waals surface area (Å²) in [5.41, 5.74) is 0. The standard InChI is InChI=1S/C10H16O9.Na/c1-18-10-7(13)6(12)5(11)4(19-10)2-3(8(14)15)9(16)17;/h3-7,10-13H,2H2,1H3,(H,14,15)(H,16,17);/q;+1/t4-,5-,6+,7+,10+;/m1./s1. The Hall–Kier alpha value is -0.260. The third kappa shape index (κ3) is 4.37. The molecular weight excluding hydrogens is 287 g/mol. The van der Waals surface area contributed by atoms with Crippen molar-refractivity contribution >= 4 is 11.9 Å². The van der Waals surface area contributed by atoms with Gasteiger partial charge in [-0.3, -0.25) is 9.59 Å². The van der Waals surface area contributed by atoms with Gasteiger partial charge in [-0.1, -0.05) is 0 Å². The summed E-state index contributed by atoms with van der Waals surface area (Å²) < 4.78 is 9.77. The molecule has 9 nitrogen and oxygen atoms in total. The van der Waals surface area contributed by atoms with Crippen LogP contribution in [-0.4, -0.2) is 75.3 Å². The monoisotopic (exact) mass is 303 g/mol. The number of carboxylic acid groups (broad SMARTS) is 2. The molecule has 0 aliphatic carbocycles. The van der Waals surface area contributed by atoms with Gasteiger partial charge in [-0.15, -0.1) is 0 Å². The first-order valence-corrected chi connectivity index (χ1v) is 5.47. The van der Waals surface area contributed by atoms with Crippen molar-refractivity contribution in [1.29, 1.82) is 0 Å². The summed E-state index contributed by atoms with van der Waals surface area (Å²) in [4.78, 5) is 21.5. The van der Waals surface area contributed by atoms with E-state index in [1.807, 2.05) is 0 Å². The fraction of sp³-hybridized carbons (Fsp3) is 0.800. The van der Waals surface area contributed by atoms with Gasteiger partial charge in [0, 0.05) is 13.5 Å². The molecule has 0 unspecified atom stereocenters. The van der Waals surface area contributed by atoms with E-state index in [9.17, 15) is 24.9 Å². The van der Waals surface area contributed by atoms with Crippen LogP contribution in [0.2, 0.25) is 0 Å². The van der Waals surface area contributed by atoms with Crippen molar-refractivity contribution < 1.29 is 74.2 Å². The van der Waals surface area contributed by atoms with Crippen molar-refractivity contribution in [2.45, 2.75) is 37.1 Å². The Bertz CT molecular complexity index is 334. The molecule has 1 heterocycles. The number of methoxy groups -OCH3 is 1. The molecule has 0 aromatic heterocycles. The predicted molar refractivity (Wildman–Crippen MR) is 57.1 cm³/mol.